The predicted molar refractivity (Wildman–Crippen MR) is 101 cm³/mol. The number of halogens is 5. The van der Waals surface area contributed by atoms with E-state index in [9.17, 15) is 27.1 Å². The standard InChI is InChI=1S/C20H17F5N4O2/c1-28-14-5-15(29-7-9-2-3-10(8-29)31-9)26-6-12(14)18(27-28)11-4-13(20(23,24)25)17(22)19(30)16(11)21/h4-6,9-10,30H,2-3,7-8H2,1H3/t9-,10?/m1/s1. The number of phenolic OH excluding ortho intramolecular Hbond substituents is 1. The van der Waals surface area contributed by atoms with Crippen LogP contribution >= 0.6 is 0 Å². The Balaban J connectivity index is 1.62. The van der Waals surface area contributed by atoms with E-state index in [4.69, 9.17) is 4.74 Å². The van der Waals surface area contributed by atoms with Crippen molar-refractivity contribution >= 4 is 16.7 Å². The van der Waals surface area contributed by atoms with Gasteiger partial charge in [0.1, 0.15) is 11.5 Å². The molecule has 0 aliphatic carbocycles. The van der Waals surface area contributed by atoms with Gasteiger partial charge in [0, 0.05) is 43.4 Å². The summed E-state index contributed by atoms with van der Waals surface area (Å²) in [6.45, 7) is 1.35. The van der Waals surface area contributed by atoms with Crippen molar-refractivity contribution in [3.05, 3.63) is 35.5 Å². The first kappa shape index (κ1) is 20.0. The minimum absolute atomic E-state index is 0.135. The van der Waals surface area contributed by atoms with Crippen LogP contribution in [0.1, 0.15) is 18.4 Å². The molecule has 1 N–H and O–H groups in total. The van der Waals surface area contributed by atoms with Gasteiger partial charge in [0.25, 0.3) is 0 Å². The molecule has 1 unspecified atom stereocenters. The molecule has 2 atom stereocenters. The number of rotatable bonds is 2. The maximum absolute atomic E-state index is 14.6. The van der Waals surface area contributed by atoms with Crippen LogP contribution in [0.25, 0.3) is 22.2 Å². The first-order valence-corrected chi connectivity index (χ1v) is 9.65. The van der Waals surface area contributed by atoms with Crippen LogP contribution in [0, 0.1) is 11.6 Å². The number of ether oxygens (including phenoxy) is 1. The Morgan fingerprint density at radius 3 is 2.42 bits per heavy atom. The second-order valence-corrected chi connectivity index (χ2v) is 7.84. The van der Waals surface area contributed by atoms with Gasteiger partial charge < -0.3 is 14.7 Å². The number of fused-ring (bicyclic) bond motifs is 3. The minimum atomic E-state index is -5.12. The molecule has 0 amide bonds. The lowest BCUT2D eigenvalue weighted by molar-refractivity contribution is -0.140. The fourth-order valence-corrected chi connectivity index (χ4v) is 4.32. The van der Waals surface area contributed by atoms with Gasteiger partial charge in [-0.15, -0.1) is 0 Å². The van der Waals surface area contributed by atoms with E-state index in [1.54, 1.807) is 13.1 Å². The number of nitrogens with zero attached hydrogens (tertiary/aromatic N) is 4. The van der Waals surface area contributed by atoms with Gasteiger partial charge in [0.05, 0.1) is 23.3 Å². The fraction of sp³-hybridized carbons (Fsp3) is 0.400. The van der Waals surface area contributed by atoms with Crippen LogP contribution in [0.15, 0.2) is 18.3 Å². The van der Waals surface area contributed by atoms with Crippen LogP contribution in [0.4, 0.5) is 27.8 Å². The van der Waals surface area contributed by atoms with E-state index < -0.39 is 34.7 Å². The zero-order valence-corrected chi connectivity index (χ0v) is 16.2. The summed E-state index contributed by atoms with van der Waals surface area (Å²) in [5.74, 6) is -4.62. The highest BCUT2D eigenvalue weighted by Gasteiger charge is 2.38. The van der Waals surface area contributed by atoms with Gasteiger partial charge in [-0.25, -0.2) is 13.8 Å². The summed E-state index contributed by atoms with van der Waals surface area (Å²) < 4.78 is 75.1. The zero-order valence-electron chi connectivity index (χ0n) is 16.2. The number of hydrogen-bond donors (Lipinski definition) is 1. The molecule has 0 saturated carbocycles. The highest BCUT2D eigenvalue weighted by molar-refractivity contribution is 5.94. The molecular formula is C20H17F5N4O2. The Labute approximate surface area is 172 Å². The van der Waals surface area contributed by atoms with E-state index in [-0.39, 0.29) is 23.3 Å². The number of aryl methyl sites for hydroxylation is 1. The van der Waals surface area contributed by atoms with Crippen molar-refractivity contribution < 1.29 is 31.8 Å². The maximum atomic E-state index is 14.6. The molecule has 11 heteroatoms. The molecule has 5 rings (SSSR count). The average molecular weight is 440 g/mol. The molecule has 2 fully saturated rings. The molecule has 4 heterocycles. The third-order valence-electron chi connectivity index (χ3n) is 5.83. The topological polar surface area (TPSA) is 63.4 Å². The average Bonchev–Trinajstić information content (AvgIpc) is 3.23. The van der Waals surface area contributed by atoms with Crippen molar-refractivity contribution in [2.45, 2.75) is 31.2 Å². The number of hydrogen-bond acceptors (Lipinski definition) is 5. The Hall–Kier alpha value is -2.95. The zero-order chi connectivity index (χ0) is 22.1. The van der Waals surface area contributed by atoms with Crippen molar-refractivity contribution in [3.63, 3.8) is 0 Å². The molecule has 6 nitrogen and oxygen atoms in total. The number of morpholine rings is 1. The van der Waals surface area contributed by atoms with E-state index in [0.29, 0.717) is 30.5 Å². The normalized spacial score (nSPS) is 21.3. The lowest BCUT2D eigenvalue weighted by atomic mass is 10.0. The van der Waals surface area contributed by atoms with E-state index in [2.05, 4.69) is 15.0 Å². The second-order valence-electron chi connectivity index (χ2n) is 7.84. The molecule has 1 aromatic carbocycles. The van der Waals surface area contributed by atoms with Gasteiger partial charge in [-0.1, -0.05) is 0 Å². The monoisotopic (exact) mass is 440 g/mol. The largest absolute Gasteiger partial charge is 0.503 e. The van der Waals surface area contributed by atoms with E-state index in [0.717, 1.165) is 12.8 Å². The van der Waals surface area contributed by atoms with Crippen molar-refractivity contribution in [2.75, 3.05) is 18.0 Å². The van der Waals surface area contributed by atoms with Gasteiger partial charge in [-0.3, -0.25) is 4.68 Å². The highest BCUT2D eigenvalue weighted by atomic mass is 19.4. The molecule has 2 saturated heterocycles. The van der Waals surface area contributed by atoms with Crippen molar-refractivity contribution in [1.29, 1.82) is 0 Å². The number of aromatic hydroxyl groups is 1. The lowest BCUT2D eigenvalue weighted by Gasteiger charge is -2.32. The summed E-state index contributed by atoms with van der Waals surface area (Å²) in [6, 6.07) is 2.04. The summed E-state index contributed by atoms with van der Waals surface area (Å²) in [4.78, 5) is 6.48. The lowest BCUT2D eigenvalue weighted by Crippen LogP contribution is -2.43. The Morgan fingerprint density at radius 1 is 1.10 bits per heavy atom. The summed E-state index contributed by atoms with van der Waals surface area (Å²) >= 11 is 0. The molecule has 2 bridgehead atoms. The summed E-state index contributed by atoms with van der Waals surface area (Å²) in [7, 11) is 1.56. The predicted octanol–water partition coefficient (Wildman–Crippen LogP) is 4.01. The summed E-state index contributed by atoms with van der Waals surface area (Å²) in [5.41, 5.74) is -2.09. The maximum Gasteiger partial charge on any atom is 0.419 e. The molecule has 2 aliphatic heterocycles. The molecule has 3 aromatic rings. The van der Waals surface area contributed by atoms with Crippen molar-refractivity contribution in [3.8, 4) is 17.0 Å². The first-order valence-electron chi connectivity index (χ1n) is 9.65. The Kier molecular flexibility index (Phi) is 4.37. The van der Waals surface area contributed by atoms with Crippen molar-refractivity contribution in [1.82, 2.24) is 14.8 Å². The van der Waals surface area contributed by atoms with Crippen molar-refractivity contribution in [2.24, 2.45) is 7.05 Å². The van der Waals surface area contributed by atoms with Crippen LogP contribution in [0.5, 0.6) is 5.75 Å². The van der Waals surface area contributed by atoms with E-state index in [1.807, 2.05) is 0 Å². The van der Waals surface area contributed by atoms with Gasteiger partial charge in [0.2, 0.25) is 0 Å². The smallest absolute Gasteiger partial charge is 0.419 e. The third-order valence-corrected chi connectivity index (χ3v) is 5.83. The first-order chi connectivity index (χ1) is 14.6. The molecule has 0 radical (unpaired) electrons. The van der Waals surface area contributed by atoms with Gasteiger partial charge in [-0.2, -0.15) is 18.3 Å². The third kappa shape index (κ3) is 3.18. The number of phenols is 1. The fourth-order valence-electron chi connectivity index (χ4n) is 4.32. The molecule has 2 aromatic heterocycles. The molecule has 2 aliphatic rings. The number of aromatic nitrogens is 3. The van der Waals surface area contributed by atoms with Crippen LogP contribution in [0.3, 0.4) is 0 Å². The SMILES string of the molecule is Cn1nc(-c2cc(C(F)(F)F)c(F)c(O)c2F)c2cnc(N3CC4CC[C@H](C3)O4)cc21. The van der Waals surface area contributed by atoms with Crippen LogP contribution < -0.4 is 4.90 Å². The quantitative estimate of drug-likeness (QED) is 0.611. The van der Waals surface area contributed by atoms with E-state index in [1.165, 1.54) is 10.9 Å². The molecule has 164 valence electrons. The number of benzene rings is 1. The van der Waals surface area contributed by atoms with Gasteiger partial charge in [-0.05, 0) is 18.9 Å². The van der Waals surface area contributed by atoms with Crippen LogP contribution in [-0.2, 0) is 18.0 Å². The summed E-state index contributed by atoms with van der Waals surface area (Å²) in [5, 5.41) is 14.0. The Bertz CT molecular complexity index is 1180. The van der Waals surface area contributed by atoms with Crippen LogP contribution in [0.2, 0.25) is 0 Å². The van der Waals surface area contributed by atoms with Crippen LogP contribution in [-0.4, -0.2) is 45.2 Å². The molecule has 0 spiro atoms. The molecular weight excluding hydrogens is 423 g/mol. The molecule has 31 heavy (non-hydrogen) atoms. The Morgan fingerprint density at radius 2 is 1.77 bits per heavy atom. The number of anilines is 1. The minimum Gasteiger partial charge on any atom is -0.503 e. The van der Waals surface area contributed by atoms with E-state index >= 15 is 0 Å². The summed E-state index contributed by atoms with van der Waals surface area (Å²) in [6.07, 6.45) is -1.49. The van der Waals surface area contributed by atoms with Gasteiger partial charge >= 0.3 is 6.18 Å². The highest BCUT2D eigenvalue weighted by Crippen LogP contribution is 2.42. The number of pyridine rings is 1. The number of alkyl halides is 3. The second kappa shape index (κ2) is 6.78. The van der Waals surface area contributed by atoms with Gasteiger partial charge in [0.15, 0.2) is 17.4 Å².